The first-order valence-electron chi connectivity index (χ1n) is 9.75. The second-order valence-electron chi connectivity index (χ2n) is 8.04. The lowest BCUT2D eigenvalue weighted by atomic mass is 9.91. The van der Waals surface area contributed by atoms with Gasteiger partial charge in [-0.05, 0) is 68.9 Å². The third kappa shape index (κ3) is 5.39. The van der Waals surface area contributed by atoms with Crippen molar-refractivity contribution >= 4 is 23.1 Å². The minimum absolute atomic E-state index is 0.328. The summed E-state index contributed by atoms with van der Waals surface area (Å²) in [5.41, 5.74) is 3.73. The molecule has 0 aliphatic carbocycles. The van der Waals surface area contributed by atoms with Gasteiger partial charge in [-0.15, -0.1) is 0 Å². The van der Waals surface area contributed by atoms with E-state index in [4.69, 9.17) is 21.1 Å². The fourth-order valence-electron chi connectivity index (χ4n) is 3.45. The van der Waals surface area contributed by atoms with Gasteiger partial charge in [-0.1, -0.05) is 41.9 Å². The van der Waals surface area contributed by atoms with Crippen LogP contribution < -0.4 is 4.74 Å². The Labute approximate surface area is 172 Å². The monoisotopic (exact) mass is 398 g/mol. The molecule has 0 bridgehead atoms. The lowest BCUT2D eigenvalue weighted by Crippen LogP contribution is -2.23. The van der Waals surface area contributed by atoms with Crippen LogP contribution in [0.1, 0.15) is 50.3 Å². The summed E-state index contributed by atoms with van der Waals surface area (Å²) in [6.07, 6.45) is 5.04. The minimum Gasteiger partial charge on any atom is -0.493 e. The Morgan fingerprint density at radius 2 is 1.89 bits per heavy atom. The van der Waals surface area contributed by atoms with Crippen molar-refractivity contribution < 1.29 is 14.3 Å². The lowest BCUT2D eigenvalue weighted by molar-refractivity contribution is -0.148. The van der Waals surface area contributed by atoms with Crippen LogP contribution in [-0.4, -0.2) is 18.2 Å². The zero-order valence-electron chi connectivity index (χ0n) is 16.8. The van der Waals surface area contributed by atoms with Crippen LogP contribution in [0.15, 0.2) is 48.5 Å². The number of carbonyl (C=O) groups is 1. The number of esters is 1. The fourth-order valence-corrected chi connectivity index (χ4v) is 3.70. The van der Waals surface area contributed by atoms with E-state index in [1.54, 1.807) is 6.08 Å². The molecule has 0 spiro atoms. The summed E-state index contributed by atoms with van der Waals surface area (Å²) >= 11 is 6.55. The number of carbonyl (C=O) groups excluding carboxylic acids is 1. The van der Waals surface area contributed by atoms with Gasteiger partial charge in [-0.2, -0.15) is 0 Å². The Hall–Kier alpha value is -2.26. The molecule has 0 radical (unpaired) electrons. The molecule has 28 heavy (non-hydrogen) atoms. The van der Waals surface area contributed by atoms with E-state index in [9.17, 15) is 4.79 Å². The molecule has 0 saturated heterocycles. The van der Waals surface area contributed by atoms with Crippen LogP contribution in [0, 0.1) is 0 Å². The highest BCUT2D eigenvalue weighted by atomic mass is 35.5. The van der Waals surface area contributed by atoms with Crippen molar-refractivity contribution in [2.75, 3.05) is 6.61 Å². The number of benzene rings is 2. The highest BCUT2D eigenvalue weighted by Gasteiger charge is 2.23. The molecule has 4 heteroatoms. The number of halogens is 1. The van der Waals surface area contributed by atoms with Crippen molar-refractivity contribution in [2.45, 2.75) is 52.1 Å². The van der Waals surface area contributed by atoms with Gasteiger partial charge in [0.1, 0.15) is 11.4 Å². The lowest BCUT2D eigenvalue weighted by Gasteiger charge is -2.25. The Balaban J connectivity index is 1.84. The number of hydrogen-bond acceptors (Lipinski definition) is 3. The molecule has 0 amide bonds. The first kappa shape index (κ1) is 20.5. The standard InChI is InChI=1S/C24H27ClO3/c1-24(2,3)28-22(26)16-18-14-15-27-21-13-12-20(25)19(23(18)21)11-7-10-17-8-5-4-6-9-17/h4-6,8-9,12-13,16H,7,10-11,14-15H2,1-3H3/b18-16+. The molecule has 0 atom stereocenters. The average molecular weight is 399 g/mol. The van der Waals surface area contributed by atoms with Crippen LogP contribution in [0.5, 0.6) is 5.75 Å². The second-order valence-corrected chi connectivity index (χ2v) is 8.45. The molecule has 148 valence electrons. The summed E-state index contributed by atoms with van der Waals surface area (Å²) in [5.74, 6) is 0.464. The predicted molar refractivity (Wildman–Crippen MR) is 114 cm³/mol. The van der Waals surface area contributed by atoms with E-state index >= 15 is 0 Å². The normalized spacial score (nSPS) is 15.1. The van der Waals surface area contributed by atoms with Gasteiger partial charge >= 0.3 is 5.97 Å². The molecule has 0 N–H and O–H groups in total. The van der Waals surface area contributed by atoms with Crippen molar-refractivity contribution in [2.24, 2.45) is 0 Å². The summed E-state index contributed by atoms with van der Waals surface area (Å²) in [6.45, 7) is 6.15. The van der Waals surface area contributed by atoms with Crippen molar-refractivity contribution in [1.82, 2.24) is 0 Å². The zero-order chi connectivity index (χ0) is 20.1. The van der Waals surface area contributed by atoms with E-state index in [-0.39, 0.29) is 5.97 Å². The zero-order valence-corrected chi connectivity index (χ0v) is 17.5. The average Bonchev–Trinajstić information content (AvgIpc) is 2.63. The topological polar surface area (TPSA) is 35.5 Å². The molecule has 2 aromatic rings. The molecule has 3 rings (SSSR count). The van der Waals surface area contributed by atoms with Crippen LogP contribution in [0.2, 0.25) is 5.02 Å². The minimum atomic E-state index is -0.519. The number of rotatable bonds is 5. The Morgan fingerprint density at radius 1 is 1.14 bits per heavy atom. The van der Waals surface area contributed by atoms with Crippen LogP contribution in [0.4, 0.5) is 0 Å². The summed E-state index contributed by atoms with van der Waals surface area (Å²) in [6, 6.07) is 14.2. The first-order valence-corrected chi connectivity index (χ1v) is 10.1. The third-order valence-corrected chi connectivity index (χ3v) is 4.96. The van der Waals surface area contributed by atoms with Crippen molar-refractivity contribution in [3.8, 4) is 5.75 Å². The van der Waals surface area contributed by atoms with Crippen LogP contribution in [0.3, 0.4) is 0 Å². The van der Waals surface area contributed by atoms with Crippen LogP contribution in [-0.2, 0) is 22.4 Å². The fraction of sp³-hybridized carbons (Fsp3) is 0.375. The molecule has 0 unspecified atom stereocenters. The molecule has 1 heterocycles. The number of fused-ring (bicyclic) bond motifs is 1. The maximum atomic E-state index is 12.4. The Bertz CT molecular complexity index is 863. The molecule has 2 aromatic carbocycles. The molecule has 0 fully saturated rings. The van der Waals surface area contributed by atoms with E-state index in [2.05, 4.69) is 24.3 Å². The van der Waals surface area contributed by atoms with Crippen molar-refractivity contribution in [3.63, 3.8) is 0 Å². The number of hydrogen-bond donors (Lipinski definition) is 0. The first-order chi connectivity index (χ1) is 13.3. The number of aryl methyl sites for hydroxylation is 1. The van der Waals surface area contributed by atoms with Gasteiger partial charge in [-0.3, -0.25) is 0 Å². The van der Waals surface area contributed by atoms with Gasteiger partial charge in [0.15, 0.2) is 0 Å². The summed E-state index contributed by atoms with van der Waals surface area (Å²) in [7, 11) is 0. The molecule has 0 aromatic heterocycles. The highest BCUT2D eigenvalue weighted by Crippen LogP contribution is 2.39. The Morgan fingerprint density at radius 3 is 2.61 bits per heavy atom. The maximum Gasteiger partial charge on any atom is 0.331 e. The molecule has 3 nitrogen and oxygen atoms in total. The van der Waals surface area contributed by atoms with Gasteiger partial charge in [0, 0.05) is 23.1 Å². The van der Waals surface area contributed by atoms with E-state index in [0.717, 1.165) is 41.7 Å². The Kier molecular flexibility index (Phi) is 6.46. The second kappa shape index (κ2) is 8.83. The van der Waals surface area contributed by atoms with Gasteiger partial charge in [0.2, 0.25) is 0 Å². The SMILES string of the molecule is CC(C)(C)OC(=O)/C=C1\CCOc2ccc(Cl)c(CCCc3ccccc3)c21. The van der Waals surface area contributed by atoms with Gasteiger partial charge in [-0.25, -0.2) is 4.79 Å². The van der Waals surface area contributed by atoms with Crippen molar-refractivity contribution in [1.29, 1.82) is 0 Å². The van der Waals surface area contributed by atoms with E-state index in [0.29, 0.717) is 18.1 Å². The smallest absolute Gasteiger partial charge is 0.331 e. The van der Waals surface area contributed by atoms with E-state index < -0.39 is 5.60 Å². The molecular weight excluding hydrogens is 372 g/mol. The predicted octanol–water partition coefficient (Wildman–Crippen LogP) is 6.02. The van der Waals surface area contributed by atoms with Crippen LogP contribution in [0.25, 0.3) is 5.57 Å². The van der Waals surface area contributed by atoms with E-state index in [1.807, 2.05) is 39.0 Å². The quantitative estimate of drug-likeness (QED) is 0.456. The van der Waals surface area contributed by atoms with E-state index in [1.165, 1.54) is 5.56 Å². The number of ether oxygens (including phenoxy) is 2. The van der Waals surface area contributed by atoms with Crippen LogP contribution >= 0.6 is 11.6 Å². The maximum absolute atomic E-state index is 12.4. The third-order valence-electron chi connectivity index (χ3n) is 4.60. The van der Waals surface area contributed by atoms with Gasteiger partial charge in [0.05, 0.1) is 6.61 Å². The molecule has 0 saturated carbocycles. The summed E-state index contributed by atoms with van der Waals surface area (Å²) < 4.78 is 11.3. The summed E-state index contributed by atoms with van der Waals surface area (Å²) in [5, 5.41) is 0.715. The highest BCUT2D eigenvalue weighted by molar-refractivity contribution is 6.31. The van der Waals surface area contributed by atoms with Gasteiger partial charge in [0.25, 0.3) is 0 Å². The van der Waals surface area contributed by atoms with Crippen molar-refractivity contribution in [3.05, 3.63) is 70.3 Å². The molecular formula is C24H27ClO3. The molecule has 1 aliphatic rings. The molecule has 1 aliphatic heterocycles. The largest absolute Gasteiger partial charge is 0.493 e. The van der Waals surface area contributed by atoms with Gasteiger partial charge < -0.3 is 9.47 Å². The summed E-state index contributed by atoms with van der Waals surface area (Å²) in [4.78, 5) is 12.4.